The summed E-state index contributed by atoms with van der Waals surface area (Å²) in [5.74, 6) is -1.65. The van der Waals surface area contributed by atoms with E-state index in [4.69, 9.17) is 0 Å². The van der Waals surface area contributed by atoms with Gasteiger partial charge in [0.25, 0.3) is 5.91 Å². The third-order valence-electron chi connectivity index (χ3n) is 6.05. The number of aliphatic hydroxyl groups is 1. The summed E-state index contributed by atoms with van der Waals surface area (Å²) in [6, 6.07) is 11.0. The van der Waals surface area contributed by atoms with Crippen molar-refractivity contribution in [2.24, 2.45) is 0 Å². The molecule has 1 aliphatic rings. The maximum absolute atomic E-state index is 13.8. The number of halogens is 2. The molecule has 192 valence electrons. The number of aromatic nitrogens is 3. The molecule has 1 amide bonds. The number of imidazole rings is 1. The number of nitrogens with one attached hydrogen (secondary N) is 3. The number of hydrogen-bond acceptors (Lipinski definition) is 6. The van der Waals surface area contributed by atoms with E-state index in [9.17, 15) is 18.7 Å². The van der Waals surface area contributed by atoms with Gasteiger partial charge < -0.3 is 21.1 Å². The van der Waals surface area contributed by atoms with Gasteiger partial charge in [-0.3, -0.25) is 4.79 Å². The van der Waals surface area contributed by atoms with E-state index in [-0.39, 0.29) is 18.5 Å². The van der Waals surface area contributed by atoms with Gasteiger partial charge in [-0.05, 0) is 63.4 Å². The summed E-state index contributed by atoms with van der Waals surface area (Å²) in [5, 5.41) is 24.1. The van der Waals surface area contributed by atoms with Crippen LogP contribution in [0.15, 0.2) is 48.7 Å². The van der Waals surface area contributed by atoms with Gasteiger partial charge in [0, 0.05) is 41.5 Å². The van der Waals surface area contributed by atoms with Crippen LogP contribution in [-0.2, 0) is 0 Å². The number of aryl methyl sites for hydroxylation is 1. The smallest absolute Gasteiger partial charge is 0.251 e. The lowest BCUT2D eigenvalue weighted by atomic mass is 10.0. The summed E-state index contributed by atoms with van der Waals surface area (Å²) < 4.78 is 28.8. The maximum atomic E-state index is 13.8. The highest BCUT2D eigenvalue weighted by Gasteiger charge is 2.24. The highest BCUT2D eigenvalue weighted by atomic mass is 19.2. The van der Waals surface area contributed by atoms with Crippen molar-refractivity contribution in [3.05, 3.63) is 71.4 Å². The Kier molecular flexibility index (Phi) is 6.28. The van der Waals surface area contributed by atoms with Crippen molar-refractivity contribution >= 4 is 28.7 Å². The van der Waals surface area contributed by atoms with Gasteiger partial charge >= 0.3 is 0 Å². The van der Waals surface area contributed by atoms with Crippen LogP contribution >= 0.6 is 0 Å². The van der Waals surface area contributed by atoms with Gasteiger partial charge in [-0.15, -0.1) is 5.10 Å². The molecule has 1 fully saturated rings. The van der Waals surface area contributed by atoms with Gasteiger partial charge in [0.15, 0.2) is 23.1 Å². The fourth-order valence-corrected chi connectivity index (χ4v) is 3.96. The van der Waals surface area contributed by atoms with E-state index >= 15 is 0 Å². The van der Waals surface area contributed by atoms with Crippen LogP contribution in [0.4, 0.5) is 26.0 Å². The lowest BCUT2D eigenvalue weighted by Gasteiger charge is -2.19. The van der Waals surface area contributed by atoms with E-state index in [2.05, 4.69) is 26.0 Å². The zero-order valence-corrected chi connectivity index (χ0v) is 20.8. The minimum Gasteiger partial charge on any atom is -0.389 e. The molecular weight excluding hydrogens is 478 g/mol. The highest BCUT2D eigenvalue weighted by Crippen LogP contribution is 2.29. The summed E-state index contributed by atoms with van der Waals surface area (Å²) in [4.78, 5) is 17.1. The van der Waals surface area contributed by atoms with E-state index in [0.717, 1.165) is 36.1 Å². The van der Waals surface area contributed by atoms with Crippen molar-refractivity contribution in [2.75, 3.05) is 17.2 Å². The molecule has 4 N–H and O–H groups in total. The number of amides is 1. The Morgan fingerprint density at radius 3 is 2.59 bits per heavy atom. The second-order valence-electron chi connectivity index (χ2n) is 10.0. The molecule has 4 aromatic rings. The van der Waals surface area contributed by atoms with E-state index in [1.807, 2.05) is 19.1 Å². The zero-order chi connectivity index (χ0) is 26.3. The summed E-state index contributed by atoms with van der Waals surface area (Å²) in [6.45, 7) is 5.48. The fourth-order valence-electron chi connectivity index (χ4n) is 3.96. The Morgan fingerprint density at radius 2 is 1.92 bits per heavy atom. The van der Waals surface area contributed by atoms with Gasteiger partial charge in [-0.25, -0.2) is 18.3 Å². The van der Waals surface area contributed by atoms with Crippen LogP contribution in [-0.4, -0.2) is 43.8 Å². The van der Waals surface area contributed by atoms with Crippen LogP contribution < -0.4 is 16.0 Å². The molecule has 2 aromatic heterocycles. The third kappa shape index (κ3) is 5.54. The Labute approximate surface area is 212 Å². The maximum Gasteiger partial charge on any atom is 0.251 e. The van der Waals surface area contributed by atoms with Crippen LogP contribution in [0.25, 0.3) is 16.9 Å². The molecule has 2 aromatic carbocycles. The predicted octanol–water partition coefficient (Wildman–Crippen LogP) is 4.80. The Bertz CT molecular complexity index is 1490. The molecule has 0 unspecified atom stereocenters. The predicted molar refractivity (Wildman–Crippen MR) is 138 cm³/mol. The van der Waals surface area contributed by atoms with Crippen molar-refractivity contribution < 1.29 is 18.7 Å². The molecule has 1 saturated carbocycles. The largest absolute Gasteiger partial charge is 0.389 e. The number of fused-ring (bicyclic) bond motifs is 1. The highest BCUT2D eigenvalue weighted by molar-refractivity contribution is 5.96. The fraction of sp³-hybridized carbons (Fsp3) is 0.296. The average molecular weight is 507 g/mol. The first-order valence-corrected chi connectivity index (χ1v) is 12.1. The van der Waals surface area contributed by atoms with Gasteiger partial charge in [0.2, 0.25) is 0 Å². The molecule has 8 nitrogen and oxygen atoms in total. The van der Waals surface area contributed by atoms with Gasteiger partial charge in [-0.1, -0.05) is 6.07 Å². The molecule has 37 heavy (non-hydrogen) atoms. The molecule has 0 radical (unpaired) electrons. The van der Waals surface area contributed by atoms with Crippen LogP contribution in [0.3, 0.4) is 0 Å². The second-order valence-corrected chi connectivity index (χ2v) is 10.0. The standard InChI is InChI=1S/C27H28F2N6O2/c1-15-10-16(4-8-19(15)26(36)33-17-5-6-17)23-13-30-25-22(31-14-27(2,3)37)12-24(34-35(23)25)32-18-7-9-20(28)21(29)11-18/h4,7-13,17,31,37H,5-6,14H2,1-3H3,(H,32,34)(H,33,36). The molecule has 5 rings (SSSR count). The lowest BCUT2D eigenvalue weighted by Crippen LogP contribution is -2.29. The summed E-state index contributed by atoms with van der Waals surface area (Å²) in [6.07, 6.45) is 3.71. The first-order valence-electron chi connectivity index (χ1n) is 12.1. The SMILES string of the molecule is Cc1cc(-c2cnc3c(NCC(C)(C)O)cc(Nc4ccc(F)c(F)c4)nn23)ccc1C(=O)NC1CC1. The number of carbonyl (C=O) groups is 1. The normalized spacial score (nSPS) is 13.6. The first-order chi connectivity index (χ1) is 17.6. The lowest BCUT2D eigenvalue weighted by molar-refractivity contribution is 0.0940. The molecular formula is C27H28F2N6O2. The van der Waals surface area contributed by atoms with Crippen LogP contribution in [0.1, 0.15) is 42.6 Å². The third-order valence-corrected chi connectivity index (χ3v) is 6.05. The minimum absolute atomic E-state index is 0.0843. The van der Waals surface area contributed by atoms with Crippen molar-refractivity contribution in [1.82, 2.24) is 19.9 Å². The second kappa shape index (κ2) is 9.44. The number of rotatable bonds is 8. The number of nitrogens with zero attached hydrogens (tertiary/aromatic N) is 3. The van der Waals surface area contributed by atoms with Gasteiger partial charge in [-0.2, -0.15) is 0 Å². The number of carbonyl (C=O) groups excluding carboxylic acids is 1. The van der Waals surface area contributed by atoms with E-state index < -0.39 is 17.2 Å². The number of hydrogen-bond donors (Lipinski definition) is 4. The molecule has 0 atom stereocenters. The molecule has 0 spiro atoms. The van der Waals surface area contributed by atoms with Crippen LogP contribution in [0.5, 0.6) is 0 Å². The molecule has 0 aliphatic heterocycles. The van der Waals surface area contributed by atoms with Crippen LogP contribution in [0.2, 0.25) is 0 Å². The molecule has 2 heterocycles. The van der Waals surface area contributed by atoms with Gasteiger partial charge in [0.1, 0.15) is 0 Å². The number of benzene rings is 2. The van der Waals surface area contributed by atoms with Crippen molar-refractivity contribution in [1.29, 1.82) is 0 Å². The molecule has 10 heteroatoms. The quantitative estimate of drug-likeness (QED) is 0.274. The van der Waals surface area contributed by atoms with E-state index in [1.165, 1.54) is 6.07 Å². The summed E-state index contributed by atoms with van der Waals surface area (Å²) >= 11 is 0. The Morgan fingerprint density at radius 1 is 1.14 bits per heavy atom. The topological polar surface area (TPSA) is 104 Å². The molecule has 0 bridgehead atoms. The van der Waals surface area contributed by atoms with E-state index in [1.54, 1.807) is 36.7 Å². The molecule has 1 aliphatic carbocycles. The van der Waals surface area contributed by atoms with Crippen molar-refractivity contribution in [3.63, 3.8) is 0 Å². The van der Waals surface area contributed by atoms with E-state index in [0.29, 0.717) is 34.1 Å². The van der Waals surface area contributed by atoms with Crippen molar-refractivity contribution in [2.45, 2.75) is 45.3 Å². The first kappa shape index (κ1) is 24.6. The summed E-state index contributed by atoms with van der Waals surface area (Å²) in [7, 11) is 0. The van der Waals surface area contributed by atoms with Crippen LogP contribution in [0, 0.1) is 18.6 Å². The number of anilines is 3. The zero-order valence-electron chi connectivity index (χ0n) is 20.8. The monoisotopic (exact) mass is 506 g/mol. The molecule has 0 saturated heterocycles. The summed E-state index contributed by atoms with van der Waals surface area (Å²) in [5.41, 5.74) is 3.35. The minimum atomic E-state index is -0.989. The van der Waals surface area contributed by atoms with Crippen molar-refractivity contribution in [3.8, 4) is 11.3 Å². The van der Waals surface area contributed by atoms with Gasteiger partial charge in [0.05, 0.1) is 23.2 Å². The average Bonchev–Trinajstić information content (AvgIpc) is 3.54. The Balaban J connectivity index is 1.54. The Hall–Kier alpha value is -4.05.